The fraction of sp³-hybridized carbons (Fsp3) is 0.143. The Morgan fingerprint density at radius 1 is 0.962 bits per heavy atom. The van der Waals surface area contributed by atoms with Crippen molar-refractivity contribution in [1.29, 1.82) is 5.26 Å². The van der Waals surface area contributed by atoms with Gasteiger partial charge in [-0.1, -0.05) is 36.4 Å². The van der Waals surface area contributed by atoms with E-state index in [1.165, 1.54) is 12.1 Å². The number of nitrogens with zero attached hydrogens (tertiary/aromatic N) is 3. The molecule has 0 atom stereocenters. The number of halogens is 1. The average Bonchev–Trinajstić information content (AvgIpc) is 3.16. The highest BCUT2D eigenvalue weighted by atomic mass is 19.1. The van der Waals surface area contributed by atoms with Crippen LogP contribution in [0.3, 0.4) is 0 Å². The summed E-state index contributed by atoms with van der Waals surface area (Å²) in [5.41, 5.74) is 1.51. The lowest BCUT2D eigenvalue weighted by Gasteiger charge is -2.31. The standard InChI is InChI=1S/C21H16FN3O/c22-19-9-4-3-8-18(19)21(26)25-13-5-12-24(25)20-11-10-15(14-23)16-6-1-2-7-17(16)20/h1-4,6-11H,5,12-13H2. The normalized spacial score (nSPS) is 13.8. The quantitative estimate of drug-likeness (QED) is 0.702. The summed E-state index contributed by atoms with van der Waals surface area (Å²) in [6.45, 7) is 1.19. The van der Waals surface area contributed by atoms with Crippen LogP contribution in [0.2, 0.25) is 0 Å². The lowest BCUT2D eigenvalue weighted by Crippen LogP contribution is -2.41. The molecule has 0 aliphatic carbocycles. The lowest BCUT2D eigenvalue weighted by molar-refractivity contribution is 0.0772. The number of carbonyl (C=O) groups is 1. The van der Waals surface area contributed by atoms with E-state index >= 15 is 0 Å². The molecule has 4 rings (SSSR count). The third-order valence-electron chi connectivity index (χ3n) is 4.67. The van der Waals surface area contributed by atoms with Gasteiger partial charge < -0.3 is 0 Å². The molecule has 0 unspecified atom stereocenters. The fourth-order valence-corrected chi connectivity index (χ4v) is 3.45. The first kappa shape index (κ1) is 16.1. The Kier molecular flexibility index (Phi) is 4.02. The van der Waals surface area contributed by atoms with Gasteiger partial charge in [-0.25, -0.2) is 9.40 Å². The first-order valence-corrected chi connectivity index (χ1v) is 8.46. The molecule has 1 saturated heterocycles. The zero-order chi connectivity index (χ0) is 18.1. The summed E-state index contributed by atoms with van der Waals surface area (Å²) in [5, 5.41) is 14.6. The van der Waals surface area contributed by atoms with Crippen molar-refractivity contribution < 1.29 is 9.18 Å². The minimum atomic E-state index is -0.519. The topological polar surface area (TPSA) is 47.3 Å². The number of hydrogen-bond acceptors (Lipinski definition) is 3. The molecule has 1 aliphatic heterocycles. The van der Waals surface area contributed by atoms with Gasteiger partial charge in [-0.05, 0) is 30.7 Å². The van der Waals surface area contributed by atoms with E-state index in [4.69, 9.17) is 0 Å². The highest BCUT2D eigenvalue weighted by molar-refractivity contribution is 6.00. The van der Waals surface area contributed by atoms with E-state index in [1.54, 1.807) is 23.2 Å². The summed E-state index contributed by atoms with van der Waals surface area (Å²) in [6.07, 6.45) is 0.800. The van der Waals surface area contributed by atoms with Crippen molar-refractivity contribution in [2.45, 2.75) is 6.42 Å². The van der Waals surface area contributed by atoms with Crippen molar-refractivity contribution >= 4 is 22.4 Å². The average molecular weight is 345 g/mol. The van der Waals surface area contributed by atoms with Crippen molar-refractivity contribution in [3.63, 3.8) is 0 Å². The molecule has 0 bridgehead atoms. The Labute approximate surface area is 150 Å². The molecule has 0 radical (unpaired) electrons. The number of carbonyl (C=O) groups excluding carboxylic acids is 1. The molecule has 1 fully saturated rings. The first-order valence-electron chi connectivity index (χ1n) is 8.46. The van der Waals surface area contributed by atoms with E-state index in [-0.39, 0.29) is 11.5 Å². The van der Waals surface area contributed by atoms with Crippen LogP contribution in [0, 0.1) is 17.1 Å². The lowest BCUT2D eigenvalue weighted by atomic mass is 10.0. The number of hydrazine groups is 1. The van der Waals surface area contributed by atoms with Gasteiger partial charge in [0.25, 0.3) is 5.91 Å². The number of amides is 1. The molecule has 0 N–H and O–H groups in total. The maximum Gasteiger partial charge on any atom is 0.275 e. The second kappa shape index (κ2) is 6.49. The Balaban J connectivity index is 1.79. The summed E-state index contributed by atoms with van der Waals surface area (Å²) in [4.78, 5) is 12.9. The van der Waals surface area contributed by atoms with Crippen molar-refractivity contribution in [3.8, 4) is 6.07 Å². The van der Waals surface area contributed by atoms with Crippen LogP contribution in [-0.4, -0.2) is 24.0 Å². The zero-order valence-electron chi connectivity index (χ0n) is 14.0. The summed E-state index contributed by atoms with van der Waals surface area (Å²) >= 11 is 0. The van der Waals surface area contributed by atoms with Gasteiger partial charge in [0.1, 0.15) is 5.82 Å². The number of hydrogen-bond donors (Lipinski definition) is 0. The highest BCUT2D eigenvalue weighted by Crippen LogP contribution is 2.32. The molecule has 128 valence electrons. The summed E-state index contributed by atoms with van der Waals surface area (Å²) in [5.74, 6) is -0.872. The fourth-order valence-electron chi connectivity index (χ4n) is 3.45. The van der Waals surface area contributed by atoms with Crippen LogP contribution in [0.15, 0.2) is 60.7 Å². The van der Waals surface area contributed by atoms with Crippen LogP contribution in [0.5, 0.6) is 0 Å². The third-order valence-corrected chi connectivity index (χ3v) is 4.67. The van der Waals surface area contributed by atoms with E-state index in [9.17, 15) is 14.4 Å². The number of benzene rings is 3. The van der Waals surface area contributed by atoms with Crippen LogP contribution >= 0.6 is 0 Å². The zero-order valence-corrected chi connectivity index (χ0v) is 14.0. The number of nitriles is 1. The summed E-state index contributed by atoms with van der Waals surface area (Å²) in [6, 6.07) is 19.5. The molecule has 5 heteroatoms. The van der Waals surface area contributed by atoms with Crippen LogP contribution in [0.25, 0.3) is 10.8 Å². The molecule has 1 heterocycles. The molecule has 3 aromatic rings. The Bertz CT molecular complexity index is 1040. The maximum atomic E-state index is 14.1. The van der Waals surface area contributed by atoms with Crippen molar-refractivity contribution in [2.75, 3.05) is 18.1 Å². The molecule has 0 spiro atoms. The van der Waals surface area contributed by atoms with Crippen molar-refractivity contribution in [1.82, 2.24) is 5.01 Å². The van der Waals surface area contributed by atoms with Crippen LogP contribution in [0.1, 0.15) is 22.3 Å². The van der Waals surface area contributed by atoms with Gasteiger partial charge in [-0.3, -0.25) is 9.80 Å². The second-order valence-electron chi connectivity index (χ2n) is 6.17. The molecule has 3 aromatic carbocycles. The van der Waals surface area contributed by atoms with Gasteiger partial charge >= 0.3 is 0 Å². The third kappa shape index (κ3) is 2.56. The van der Waals surface area contributed by atoms with E-state index in [1.807, 2.05) is 35.3 Å². The smallest absolute Gasteiger partial charge is 0.275 e. The minimum Gasteiger partial charge on any atom is -0.282 e. The molecular formula is C21H16FN3O. The Morgan fingerprint density at radius 2 is 1.69 bits per heavy atom. The minimum absolute atomic E-state index is 0.0670. The molecule has 4 nitrogen and oxygen atoms in total. The highest BCUT2D eigenvalue weighted by Gasteiger charge is 2.30. The molecule has 0 aromatic heterocycles. The predicted molar refractivity (Wildman–Crippen MR) is 98.1 cm³/mol. The second-order valence-corrected chi connectivity index (χ2v) is 6.17. The van der Waals surface area contributed by atoms with E-state index in [2.05, 4.69) is 6.07 Å². The number of anilines is 1. The SMILES string of the molecule is N#Cc1ccc(N2CCCN2C(=O)c2ccccc2F)c2ccccc12. The van der Waals surface area contributed by atoms with Crippen LogP contribution in [0.4, 0.5) is 10.1 Å². The van der Waals surface area contributed by atoms with E-state index < -0.39 is 5.82 Å². The van der Waals surface area contributed by atoms with Crippen molar-refractivity contribution in [2.24, 2.45) is 0 Å². The molecular weight excluding hydrogens is 329 g/mol. The van der Waals surface area contributed by atoms with E-state index in [0.29, 0.717) is 18.7 Å². The van der Waals surface area contributed by atoms with Crippen LogP contribution in [-0.2, 0) is 0 Å². The molecule has 0 saturated carbocycles. The summed E-state index contributed by atoms with van der Waals surface area (Å²) in [7, 11) is 0. The van der Waals surface area contributed by atoms with Gasteiger partial charge in [0.05, 0.1) is 22.9 Å². The first-order chi connectivity index (χ1) is 12.7. The van der Waals surface area contributed by atoms with Gasteiger partial charge in [0, 0.05) is 23.9 Å². The number of rotatable bonds is 2. The molecule has 26 heavy (non-hydrogen) atoms. The van der Waals surface area contributed by atoms with Crippen molar-refractivity contribution in [3.05, 3.63) is 77.6 Å². The maximum absolute atomic E-state index is 14.1. The van der Waals surface area contributed by atoms with Gasteiger partial charge in [0.15, 0.2) is 0 Å². The number of fused-ring (bicyclic) bond motifs is 1. The van der Waals surface area contributed by atoms with Gasteiger partial charge in [-0.2, -0.15) is 5.26 Å². The monoisotopic (exact) mass is 345 g/mol. The van der Waals surface area contributed by atoms with E-state index in [0.717, 1.165) is 22.9 Å². The largest absolute Gasteiger partial charge is 0.282 e. The van der Waals surface area contributed by atoms with Gasteiger partial charge in [0.2, 0.25) is 0 Å². The Morgan fingerprint density at radius 3 is 2.46 bits per heavy atom. The molecule has 1 aliphatic rings. The van der Waals surface area contributed by atoms with Crippen LogP contribution < -0.4 is 5.01 Å². The summed E-state index contributed by atoms with van der Waals surface area (Å²) < 4.78 is 14.1. The Hall–Kier alpha value is -3.39. The van der Waals surface area contributed by atoms with Gasteiger partial charge in [-0.15, -0.1) is 0 Å². The molecule has 1 amide bonds. The predicted octanol–water partition coefficient (Wildman–Crippen LogP) is 4.12.